The van der Waals surface area contributed by atoms with Gasteiger partial charge in [0.2, 0.25) is 0 Å². The van der Waals surface area contributed by atoms with Gasteiger partial charge in [-0.05, 0) is 42.6 Å². The van der Waals surface area contributed by atoms with Crippen LogP contribution in [0.25, 0.3) is 0 Å². The fourth-order valence-electron chi connectivity index (χ4n) is 2.08. The van der Waals surface area contributed by atoms with Crippen LogP contribution in [-0.2, 0) is 19.3 Å². The van der Waals surface area contributed by atoms with Crippen molar-refractivity contribution in [2.75, 3.05) is 5.75 Å². The number of aromatic hydroxyl groups is 1. The van der Waals surface area contributed by atoms with Crippen molar-refractivity contribution in [1.29, 1.82) is 0 Å². The lowest BCUT2D eigenvalue weighted by Gasteiger charge is -2.17. The van der Waals surface area contributed by atoms with E-state index in [1.54, 1.807) is 0 Å². The van der Waals surface area contributed by atoms with Gasteiger partial charge in [0.15, 0.2) is 0 Å². The highest BCUT2D eigenvalue weighted by atomic mass is 32.2. The number of phenols is 1. The maximum Gasteiger partial charge on any atom is 0.123 e. The maximum atomic E-state index is 10.3. The number of benzene rings is 1. The SMILES string of the molecule is CCCSc1c(CC)cc(CC)c(O)c1CC. The first-order chi connectivity index (χ1) is 8.19. The minimum Gasteiger partial charge on any atom is -0.507 e. The van der Waals surface area contributed by atoms with Crippen molar-refractivity contribution in [1.82, 2.24) is 0 Å². The van der Waals surface area contributed by atoms with Crippen LogP contribution in [0.1, 0.15) is 50.8 Å². The molecule has 1 aromatic rings. The molecule has 0 fully saturated rings. The molecule has 0 aromatic heterocycles. The molecule has 0 aliphatic heterocycles. The molecule has 1 N–H and O–H groups in total. The molecule has 0 spiro atoms. The van der Waals surface area contributed by atoms with Crippen LogP contribution in [0.5, 0.6) is 5.75 Å². The van der Waals surface area contributed by atoms with Crippen LogP contribution >= 0.6 is 11.8 Å². The van der Waals surface area contributed by atoms with Crippen LogP contribution in [0.3, 0.4) is 0 Å². The van der Waals surface area contributed by atoms with Crippen LogP contribution in [0.15, 0.2) is 11.0 Å². The molecular weight excluding hydrogens is 228 g/mol. The number of rotatable bonds is 6. The Labute approximate surface area is 110 Å². The average Bonchev–Trinajstić information content (AvgIpc) is 2.36. The fraction of sp³-hybridized carbons (Fsp3) is 0.600. The monoisotopic (exact) mass is 252 g/mol. The Morgan fingerprint density at radius 2 is 1.65 bits per heavy atom. The molecule has 0 bridgehead atoms. The molecule has 0 aliphatic rings. The van der Waals surface area contributed by atoms with E-state index < -0.39 is 0 Å². The van der Waals surface area contributed by atoms with Gasteiger partial charge in [0.1, 0.15) is 5.75 Å². The van der Waals surface area contributed by atoms with Crippen LogP contribution in [-0.4, -0.2) is 10.9 Å². The third-order valence-electron chi connectivity index (χ3n) is 3.07. The summed E-state index contributed by atoms with van der Waals surface area (Å²) in [6.07, 6.45) is 4.04. The minimum absolute atomic E-state index is 0.533. The zero-order valence-electron chi connectivity index (χ0n) is 11.5. The molecule has 1 nitrogen and oxygen atoms in total. The second-order valence-electron chi connectivity index (χ2n) is 4.26. The second kappa shape index (κ2) is 6.95. The normalized spacial score (nSPS) is 10.8. The van der Waals surface area contributed by atoms with E-state index in [0.29, 0.717) is 5.75 Å². The smallest absolute Gasteiger partial charge is 0.123 e. The molecule has 2 heteroatoms. The predicted molar refractivity (Wildman–Crippen MR) is 77.3 cm³/mol. The largest absolute Gasteiger partial charge is 0.507 e. The Morgan fingerprint density at radius 3 is 2.12 bits per heavy atom. The first-order valence-electron chi connectivity index (χ1n) is 6.68. The molecule has 0 saturated carbocycles. The third kappa shape index (κ3) is 3.19. The van der Waals surface area contributed by atoms with Crippen molar-refractivity contribution >= 4 is 11.8 Å². The first-order valence-corrected chi connectivity index (χ1v) is 7.67. The summed E-state index contributed by atoms with van der Waals surface area (Å²) in [6, 6.07) is 2.19. The van der Waals surface area contributed by atoms with Crippen LogP contribution < -0.4 is 0 Å². The standard InChI is InChI=1S/C15H24OS/c1-5-9-17-15-12(7-3)10-11(6-2)14(16)13(15)8-4/h10,16H,5-9H2,1-4H3. The molecule has 17 heavy (non-hydrogen) atoms. The summed E-state index contributed by atoms with van der Waals surface area (Å²) in [4.78, 5) is 1.33. The van der Waals surface area contributed by atoms with Crippen molar-refractivity contribution in [3.8, 4) is 5.75 Å². The Hall–Kier alpha value is -0.630. The van der Waals surface area contributed by atoms with Crippen molar-refractivity contribution < 1.29 is 5.11 Å². The third-order valence-corrected chi connectivity index (χ3v) is 4.48. The van der Waals surface area contributed by atoms with Crippen LogP contribution in [0.2, 0.25) is 0 Å². The molecule has 0 amide bonds. The number of hydrogen-bond acceptors (Lipinski definition) is 2. The summed E-state index contributed by atoms with van der Waals surface area (Å²) >= 11 is 1.90. The van der Waals surface area contributed by atoms with Gasteiger partial charge in [0.05, 0.1) is 0 Å². The van der Waals surface area contributed by atoms with Gasteiger partial charge in [-0.2, -0.15) is 0 Å². The number of phenolic OH excluding ortho intramolecular Hbond substituents is 1. The molecule has 0 unspecified atom stereocenters. The van der Waals surface area contributed by atoms with E-state index in [-0.39, 0.29) is 0 Å². The minimum atomic E-state index is 0.533. The van der Waals surface area contributed by atoms with E-state index in [1.807, 2.05) is 11.8 Å². The van der Waals surface area contributed by atoms with Crippen molar-refractivity contribution in [3.63, 3.8) is 0 Å². The van der Waals surface area contributed by atoms with Gasteiger partial charge in [-0.1, -0.05) is 33.8 Å². The van der Waals surface area contributed by atoms with Gasteiger partial charge in [-0.15, -0.1) is 11.8 Å². The second-order valence-corrected chi connectivity index (χ2v) is 5.37. The highest BCUT2D eigenvalue weighted by molar-refractivity contribution is 7.99. The highest BCUT2D eigenvalue weighted by Crippen LogP contribution is 2.37. The lowest BCUT2D eigenvalue weighted by Crippen LogP contribution is -1.98. The van der Waals surface area contributed by atoms with Crippen molar-refractivity contribution in [3.05, 3.63) is 22.8 Å². The van der Waals surface area contributed by atoms with Crippen molar-refractivity contribution in [2.24, 2.45) is 0 Å². The topological polar surface area (TPSA) is 20.2 Å². The quantitative estimate of drug-likeness (QED) is 0.748. The molecule has 1 rings (SSSR count). The van der Waals surface area contributed by atoms with Gasteiger partial charge in [0.25, 0.3) is 0 Å². The summed E-state index contributed by atoms with van der Waals surface area (Å²) in [7, 11) is 0. The Balaban J connectivity index is 3.27. The molecule has 0 saturated heterocycles. The summed E-state index contributed by atoms with van der Waals surface area (Å²) in [5.74, 6) is 1.66. The number of thioether (sulfide) groups is 1. The van der Waals surface area contributed by atoms with Gasteiger partial charge in [0, 0.05) is 10.5 Å². The van der Waals surface area contributed by atoms with E-state index in [2.05, 4.69) is 33.8 Å². The lowest BCUT2D eigenvalue weighted by molar-refractivity contribution is 0.459. The molecule has 1 aromatic carbocycles. The number of aryl methyl sites for hydroxylation is 2. The highest BCUT2D eigenvalue weighted by Gasteiger charge is 2.14. The summed E-state index contributed by atoms with van der Waals surface area (Å²) in [5, 5.41) is 10.3. The van der Waals surface area contributed by atoms with E-state index in [1.165, 1.54) is 16.9 Å². The van der Waals surface area contributed by atoms with E-state index in [9.17, 15) is 5.11 Å². The van der Waals surface area contributed by atoms with Gasteiger partial charge in [-0.3, -0.25) is 0 Å². The van der Waals surface area contributed by atoms with Gasteiger partial charge < -0.3 is 5.11 Å². The Morgan fingerprint density at radius 1 is 1.00 bits per heavy atom. The molecular formula is C15H24OS. The zero-order valence-corrected chi connectivity index (χ0v) is 12.3. The lowest BCUT2D eigenvalue weighted by atomic mass is 9.99. The van der Waals surface area contributed by atoms with Crippen molar-refractivity contribution in [2.45, 2.75) is 58.3 Å². The Bertz CT molecular complexity index is 372. The van der Waals surface area contributed by atoms with E-state index in [0.717, 1.165) is 36.1 Å². The Kier molecular flexibility index (Phi) is 5.90. The zero-order chi connectivity index (χ0) is 12.8. The predicted octanol–water partition coefficient (Wildman–Crippen LogP) is 4.58. The molecule has 0 aliphatic carbocycles. The molecule has 0 atom stereocenters. The molecule has 96 valence electrons. The van der Waals surface area contributed by atoms with Crippen LogP contribution in [0.4, 0.5) is 0 Å². The average molecular weight is 252 g/mol. The van der Waals surface area contributed by atoms with E-state index >= 15 is 0 Å². The number of hydrogen-bond donors (Lipinski definition) is 1. The maximum absolute atomic E-state index is 10.3. The molecule has 0 heterocycles. The summed E-state index contributed by atoms with van der Waals surface area (Å²) in [5.41, 5.74) is 3.65. The van der Waals surface area contributed by atoms with E-state index in [4.69, 9.17) is 0 Å². The fourth-order valence-corrected chi connectivity index (χ4v) is 3.30. The first kappa shape index (κ1) is 14.4. The van der Waals surface area contributed by atoms with Gasteiger partial charge >= 0.3 is 0 Å². The molecule has 0 radical (unpaired) electrons. The van der Waals surface area contributed by atoms with Gasteiger partial charge in [-0.25, -0.2) is 0 Å². The summed E-state index contributed by atoms with van der Waals surface area (Å²) < 4.78 is 0. The van der Waals surface area contributed by atoms with Crippen LogP contribution in [0, 0.1) is 0 Å². The summed E-state index contributed by atoms with van der Waals surface area (Å²) in [6.45, 7) is 8.63.